The van der Waals surface area contributed by atoms with Gasteiger partial charge in [0.15, 0.2) is 0 Å². The average Bonchev–Trinajstić information content (AvgIpc) is 2.06. The lowest BCUT2D eigenvalue weighted by Gasteiger charge is -2.07. The van der Waals surface area contributed by atoms with Gasteiger partial charge in [0.25, 0.3) is 0 Å². The van der Waals surface area contributed by atoms with Crippen LogP contribution in [0.3, 0.4) is 0 Å². The molecule has 0 saturated carbocycles. The molecule has 0 aromatic heterocycles. The average molecular weight is 243 g/mol. The van der Waals surface area contributed by atoms with Crippen LogP contribution in [0, 0.1) is 0 Å². The predicted molar refractivity (Wildman–Crippen MR) is 60.5 cm³/mol. The fraction of sp³-hybridized carbons (Fsp3) is 0.400. The summed E-state index contributed by atoms with van der Waals surface area (Å²) in [5, 5.41) is 0. The highest BCUT2D eigenvalue weighted by atomic mass is 79.9. The van der Waals surface area contributed by atoms with Gasteiger partial charge in [-0.25, -0.2) is 0 Å². The lowest BCUT2D eigenvalue weighted by Crippen LogP contribution is -2.15. The molecule has 0 spiro atoms. The minimum Gasteiger partial charge on any atom is -0.399 e. The maximum absolute atomic E-state index is 5.68. The Kier molecular flexibility index (Phi) is 3.75. The largest absolute Gasteiger partial charge is 0.399 e. The van der Waals surface area contributed by atoms with Crippen LogP contribution in [0.1, 0.15) is 18.9 Å². The van der Waals surface area contributed by atoms with Crippen molar-refractivity contribution in [3.8, 4) is 0 Å². The highest BCUT2D eigenvalue weighted by molar-refractivity contribution is 9.10. The maximum atomic E-state index is 5.68. The molecule has 1 atom stereocenters. The number of hydrogen-bond donors (Lipinski definition) is 2. The molecule has 13 heavy (non-hydrogen) atoms. The summed E-state index contributed by atoms with van der Waals surface area (Å²) in [5.41, 5.74) is 13.4. The molecule has 1 aromatic carbocycles. The van der Waals surface area contributed by atoms with E-state index in [9.17, 15) is 0 Å². The van der Waals surface area contributed by atoms with Gasteiger partial charge in [-0.2, -0.15) is 0 Å². The molecule has 0 aliphatic heterocycles. The summed E-state index contributed by atoms with van der Waals surface area (Å²) in [6, 6.07) is 6.10. The second-order valence-corrected chi connectivity index (χ2v) is 4.22. The molecule has 4 N–H and O–H groups in total. The van der Waals surface area contributed by atoms with Crippen molar-refractivity contribution >= 4 is 21.6 Å². The summed E-state index contributed by atoms with van der Waals surface area (Å²) in [6.45, 7) is 2.01. The van der Waals surface area contributed by atoms with Gasteiger partial charge in [-0.05, 0) is 43.5 Å². The van der Waals surface area contributed by atoms with Crippen LogP contribution in [0.15, 0.2) is 22.7 Å². The highest BCUT2D eigenvalue weighted by Crippen LogP contribution is 2.21. The number of halogens is 1. The van der Waals surface area contributed by atoms with Crippen molar-refractivity contribution in [3.05, 3.63) is 28.2 Å². The minimum absolute atomic E-state index is 0.244. The van der Waals surface area contributed by atoms with Crippen molar-refractivity contribution in [2.45, 2.75) is 25.8 Å². The predicted octanol–water partition coefficient (Wildman–Crippen LogP) is 2.31. The fourth-order valence-corrected chi connectivity index (χ4v) is 1.61. The number of nitrogens with two attached hydrogens (primary N) is 2. The Balaban J connectivity index is 2.70. The summed E-state index contributed by atoms with van der Waals surface area (Å²) in [5.74, 6) is 0. The molecule has 3 heteroatoms. The van der Waals surface area contributed by atoms with Crippen LogP contribution in [0.4, 0.5) is 5.69 Å². The van der Waals surface area contributed by atoms with E-state index in [1.165, 1.54) is 5.56 Å². The van der Waals surface area contributed by atoms with Crippen molar-refractivity contribution in [3.63, 3.8) is 0 Å². The van der Waals surface area contributed by atoms with Gasteiger partial charge >= 0.3 is 0 Å². The van der Waals surface area contributed by atoms with Crippen LogP contribution in [0.5, 0.6) is 0 Å². The van der Waals surface area contributed by atoms with Gasteiger partial charge in [-0.3, -0.25) is 0 Å². The fourth-order valence-electron chi connectivity index (χ4n) is 1.17. The molecular weight excluding hydrogens is 228 g/mol. The number of rotatable bonds is 3. The topological polar surface area (TPSA) is 52.0 Å². The molecule has 1 aromatic rings. The first-order valence-electron chi connectivity index (χ1n) is 4.39. The van der Waals surface area contributed by atoms with Crippen LogP contribution < -0.4 is 11.5 Å². The zero-order chi connectivity index (χ0) is 9.84. The van der Waals surface area contributed by atoms with Crippen LogP contribution in [-0.4, -0.2) is 6.04 Å². The van der Waals surface area contributed by atoms with Crippen molar-refractivity contribution in [2.24, 2.45) is 5.73 Å². The Morgan fingerprint density at radius 1 is 1.46 bits per heavy atom. The monoisotopic (exact) mass is 242 g/mol. The van der Waals surface area contributed by atoms with E-state index < -0.39 is 0 Å². The molecule has 1 rings (SSSR count). The van der Waals surface area contributed by atoms with Crippen LogP contribution in [0.25, 0.3) is 0 Å². The highest BCUT2D eigenvalue weighted by Gasteiger charge is 2.01. The molecule has 0 heterocycles. The SMILES string of the molecule is CC(N)CCc1cc(N)ccc1Br. The minimum atomic E-state index is 0.244. The Labute approximate surface area is 87.4 Å². The lowest BCUT2D eigenvalue weighted by atomic mass is 10.1. The zero-order valence-electron chi connectivity index (χ0n) is 7.76. The van der Waals surface area contributed by atoms with E-state index in [1.54, 1.807) is 0 Å². The molecule has 0 amide bonds. The first-order chi connectivity index (χ1) is 6.09. The van der Waals surface area contributed by atoms with Gasteiger partial charge in [-0.1, -0.05) is 15.9 Å². The number of hydrogen-bond acceptors (Lipinski definition) is 2. The first kappa shape index (κ1) is 10.5. The Hall–Kier alpha value is -0.540. The number of nitrogen functional groups attached to an aromatic ring is 1. The Morgan fingerprint density at radius 2 is 2.15 bits per heavy atom. The van der Waals surface area contributed by atoms with E-state index in [4.69, 9.17) is 11.5 Å². The molecular formula is C10H15BrN2. The van der Waals surface area contributed by atoms with Gasteiger partial charge < -0.3 is 11.5 Å². The molecule has 1 unspecified atom stereocenters. The molecule has 2 nitrogen and oxygen atoms in total. The summed E-state index contributed by atoms with van der Waals surface area (Å²) in [6.07, 6.45) is 1.96. The van der Waals surface area contributed by atoms with Crippen molar-refractivity contribution in [1.82, 2.24) is 0 Å². The third-order valence-corrected chi connectivity index (χ3v) is 2.71. The van der Waals surface area contributed by atoms with Gasteiger partial charge in [0.2, 0.25) is 0 Å². The molecule has 72 valence electrons. The molecule has 0 aliphatic carbocycles. The summed E-state index contributed by atoms with van der Waals surface area (Å²) >= 11 is 3.48. The number of aryl methyl sites for hydroxylation is 1. The van der Waals surface area contributed by atoms with Crippen molar-refractivity contribution < 1.29 is 0 Å². The third kappa shape index (κ3) is 3.36. The molecule has 0 aliphatic rings. The van der Waals surface area contributed by atoms with E-state index in [1.807, 2.05) is 25.1 Å². The van der Waals surface area contributed by atoms with Crippen molar-refractivity contribution in [1.29, 1.82) is 0 Å². The van der Waals surface area contributed by atoms with E-state index in [0.717, 1.165) is 23.0 Å². The summed E-state index contributed by atoms with van der Waals surface area (Å²) in [4.78, 5) is 0. The van der Waals surface area contributed by atoms with Crippen LogP contribution in [-0.2, 0) is 6.42 Å². The molecule has 0 fully saturated rings. The van der Waals surface area contributed by atoms with Gasteiger partial charge in [0, 0.05) is 16.2 Å². The van der Waals surface area contributed by atoms with Gasteiger partial charge in [0.05, 0.1) is 0 Å². The number of benzene rings is 1. The third-order valence-electron chi connectivity index (χ3n) is 1.94. The van der Waals surface area contributed by atoms with E-state index in [2.05, 4.69) is 15.9 Å². The standard InChI is InChI=1S/C10H15BrN2/c1-7(12)2-3-8-6-9(13)4-5-10(8)11/h4-7H,2-3,12-13H2,1H3. The Bertz CT molecular complexity index is 284. The summed E-state index contributed by atoms with van der Waals surface area (Å²) < 4.78 is 1.11. The van der Waals surface area contributed by atoms with Crippen molar-refractivity contribution in [2.75, 3.05) is 5.73 Å². The quantitative estimate of drug-likeness (QED) is 0.800. The Morgan fingerprint density at radius 3 is 2.77 bits per heavy atom. The normalized spacial score (nSPS) is 12.8. The molecule has 0 bridgehead atoms. The maximum Gasteiger partial charge on any atom is 0.0317 e. The van der Waals surface area contributed by atoms with Gasteiger partial charge in [-0.15, -0.1) is 0 Å². The van der Waals surface area contributed by atoms with Gasteiger partial charge in [0.1, 0.15) is 0 Å². The number of anilines is 1. The zero-order valence-corrected chi connectivity index (χ0v) is 9.34. The van der Waals surface area contributed by atoms with E-state index >= 15 is 0 Å². The van der Waals surface area contributed by atoms with Crippen LogP contribution in [0.2, 0.25) is 0 Å². The molecule has 0 saturated heterocycles. The van der Waals surface area contributed by atoms with E-state index in [0.29, 0.717) is 0 Å². The van der Waals surface area contributed by atoms with Crippen LogP contribution >= 0.6 is 15.9 Å². The second-order valence-electron chi connectivity index (χ2n) is 3.37. The summed E-state index contributed by atoms with van der Waals surface area (Å²) in [7, 11) is 0. The van der Waals surface area contributed by atoms with E-state index in [-0.39, 0.29) is 6.04 Å². The first-order valence-corrected chi connectivity index (χ1v) is 5.18. The second kappa shape index (κ2) is 4.63. The molecule has 0 radical (unpaired) electrons. The lowest BCUT2D eigenvalue weighted by molar-refractivity contribution is 0.665. The smallest absolute Gasteiger partial charge is 0.0317 e.